The number of aryl methyl sites for hydroxylation is 2. The van der Waals surface area contributed by atoms with Gasteiger partial charge in [0.25, 0.3) is 5.56 Å². The molecule has 1 saturated carbocycles. The summed E-state index contributed by atoms with van der Waals surface area (Å²) in [4.78, 5) is 25.1. The summed E-state index contributed by atoms with van der Waals surface area (Å²) in [5.74, 6) is 1.75. The van der Waals surface area contributed by atoms with E-state index in [4.69, 9.17) is 10.2 Å². The van der Waals surface area contributed by atoms with Crippen molar-refractivity contribution in [3.8, 4) is 11.3 Å². The molecule has 0 aromatic carbocycles. The maximum atomic E-state index is 12.6. The highest BCUT2D eigenvalue weighted by atomic mass is 16.3. The summed E-state index contributed by atoms with van der Waals surface area (Å²) >= 11 is 0. The topological polar surface area (TPSA) is 103 Å². The molecule has 0 unspecified atom stereocenters. The zero-order valence-electron chi connectivity index (χ0n) is 16.2. The molecule has 2 heterocycles. The molecule has 2 aromatic heterocycles. The first-order chi connectivity index (χ1) is 12.9. The van der Waals surface area contributed by atoms with E-state index in [1.165, 1.54) is 30.0 Å². The van der Waals surface area contributed by atoms with Gasteiger partial charge in [0, 0.05) is 12.1 Å². The predicted molar refractivity (Wildman–Crippen MR) is 104 cm³/mol. The van der Waals surface area contributed by atoms with Gasteiger partial charge in [-0.15, -0.1) is 0 Å². The highest BCUT2D eigenvalue weighted by molar-refractivity contribution is 5.80. The summed E-state index contributed by atoms with van der Waals surface area (Å²) in [7, 11) is 0. The Balaban J connectivity index is 1.81. The van der Waals surface area contributed by atoms with E-state index in [0.29, 0.717) is 23.9 Å². The number of carbonyl (C=O) groups is 1. The molecule has 1 fully saturated rings. The summed E-state index contributed by atoms with van der Waals surface area (Å²) in [5, 5.41) is 7.37. The average Bonchev–Trinajstić information content (AvgIpc) is 3.00. The Kier molecular flexibility index (Phi) is 5.68. The fourth-order valence-electron chi connectivity index (χ4n) is 3.71. The first-order valence-corrected chi connectivity index (χ1v) is 9.61. The van der Waals surface area contributed by atoms with Gasteiger partial charge in [-0.1, -0.05) is 19.3 Å². The monoisotopic (exact) mass is 372 g/mol. The maximum absolute atomic E-state index is 12.6. The number of amides is 1. The van der Waals surface area contributed by atoms with Crippen molar-refractivity contribution in [3.63, 3.8) is 0 Å². The number of furan rings is 1. The third kappa shape index (κ3) is 4.23. The fraction of sp³-hybridized carbons (Fsp3) is 0.550. The van der Waals surface area contributed by atoms with Crippen molar-refractivity contribution in [2.45, 2.75) is 58.9 Å². The van der Waals surface area contributed by atoms with Crippen molar-refractivity contribution < 1.29 is 9.21 Å². The van der Waals surface area contributed by atoms with Gasteiger partial charge in [-0.2, -0.15) is 5.10 Å². The van der Waals surface area contributed by atoms with E-state index in [1.807, 2.05) is 19.9 Å². The molecule has 0 bridgehead atoms. The molecule has 3 N–H and O–H groups in total. The standard InChI is InChI=1S/C20H28N4O3/c1-12-9-16(14(3)27-12)18-10-17(21)20(26)24(23-18)13(2)19(25)22-11-15-7-5-4-6-8-15/h9-10,13,15H,4-8,11,21H2,1-3H3,(H,22,25)/t13-/m1/s1. The lowest BCUT2D eigenvalue weighted by molar-refractivity contribution is -0.124. The SMILES string of the molecule is Cc1cc(-c2cc(N)c(=O)n([C@H](C)C(=O)NCC3CCCCC3)n2)c(C)o1. The van der Waals surface area contributed by atoms with Gasteiger partial charge in [-0.25, -0.2) is 4.68 Å². The lowest BCUT2D eigenvalue weighted by Gasteiger charge is -2.23. The van der Waals surface area contributed by atoms with Crippen molar-refractivity contribution in [2.75, 3.05) is 12.3 Å². The lowest BCUT2D eigenvalue weighted by Crippen LogP contribution is -2.39. The minimum atomic E-state index is -0.739. The van der Waals surface area contributed by atoms with Crippen molar-refractivity contribution in [2.24, 2.45) is 5.92 Å². The van der Waals surface area contributed by atoms with Crippen LogP contribution in [0.2, 0.25) is 0 Å². The van der Waals surface area contributed by atoms with Crippen LogP contribution in [-0.2, 0) is 4.79 Å². The van der Waals surface area contributed by atoms with E-state index in [9.17, 15) is 9.59 Å². The van der Waals surface area contributed by atoms with Crippen LogP contribution in [0.5, 0.6) is 0 Å². The normalized spacial score (nSPS) is 16.3. The second kappa shape index (κ2) is 7.98. The molecule has 0 radical (unpaired) electrons. The number of nitrogens with zero attached hydrogens (tertiary/aromatic N) is 2. The van der Waals surface area contributed by atoms with E-state index in [-0.39, 0.29) is 11.6 Å². The largest absolute Gasteiger partial charge is 0.466 e. The summed E-state index contributed by atoms with van der Waals surface area (Å²) < 4.78 is 6.71. The number of rotatable bonds is 5. The molecule has 1 atom stereocenters. The summed E-state index contributed by atoms with van der Waals surface area (Å²) in [6.45, 7) is 5.99. The van der Waals surface area contributed by atoms with Gasteiger partial charge >= 0.3 is 0 Å². The second-order valence-electron chi connectivity index (χ2n) is 7.49. The number of nitrogens with one attached hydrogen (secondary N) is 1. The Morgan fingerprint density at radius 2 is 2.04 bits per heavy atom. The molecule has 1 aliphatic rings. The van der Waals surface area contributed by atoms with Crippen LogP contribution >= 0.6 is 0 Å². The molecule has 2 aromatic rings. The lowest BCUT2D eigenvalue weighted by atomic mass is 9.89. The van der Waals surface area contributed by atoms with E-state index < -0.39 is 11.6 Å². The number of aromatic nitrogens is 2. The van der Waals surface area contributed by atoms with Crippen LogP contribution in [0.15, 0.2) is 21.3 Å². The molecular weight excluding hydrogens is 344 g/mol. The summed E-state index contributed by atoms with van der Waals surface area (Å²) in [5.41, 5.74) is 6.80. The van der Waals surface area contributed by atoms with Gasteiger partial charge in [-0.3, -0.25) is 9.59 Å². The Morgan fingerprint density at radius 1 is 1.33 bits per heavy atom. The maximum Gasteiger partial charge on any atom is 0.290 e. The third-order valence-electron chi connectivity index (χ3n) is 5.32. The van der Waals surface area contributed by atoms with Crippen LogP contribution in [-0.4, -0.2) is 22.2 Å². The van der Waals surface area contributed by atoms with Gasteiger partial charge < -0.3 is 15.5 Å². The van der Waals surface area contributed by atoms with Crippen LogP contribution < -0.4 is 16.6 Å². The minimum absolute atomic E-state index is 0.0604. The molecule has 0 aliphatic heterocycles. The third-order valence-corrected chi connectivity index (χ3v) is 5.32. The number of nitrogens with two attached hydrogens (primary N) is 1. The predicted octanol–water partition coefficient (Wildman–Crippen LogP) is 2.96. The van der Waals surface area contributed by atoms with Gasteiger partial charge in [0.1, 0.15) is 23.2 Å². The number of nitrogen functional groups attached to an aromatic ring is 1. The summed E-state index contributed by atoms with van der Waals surface area (Å²) in [6, 6.07) is 2.64. The zero-order valence-corrected chi connectivity index (χ0v) is 16.2. The molecule has 0 spiro atoms. The van der Waals surface area contributed by atoms with E-state index in [2.05, 4.69) is 10.4 Å². The average molecular weight is 372 g/mol. The van der Waals surface area contributed by atoms with Crippen LogP contribution in [0.1, 0.15) is 56.6 Å². The zero-order chi connectivity index (χ0) is 19.6. The van der Waals surface area contributed by atoms with Crippen LogP contribution in [0, 0.1) is 19.8 Å². The van der Waals surface area contributed by atoms with Crippen LogP contribution in [0.25, 0.3) is 11.3 Å². The number of hydrogen-bond acceptors (Lipinski definition) is 5. The minimum Gasteiger partial charge on any atom is -0.466 e. The van der Waals surface area contributed by atoms with Crippen molar-refractivity contribution in [1.82, 2.24) is 15.1 Å². The molecule has 1 amide bonds. The van der Waals surface area contributed by atoms with Crippen molar-refractivity contribution in [1.29, 1.82) is 0 Å². The fourth-order valence-corrected chi connectivity index (χ4v) is 3.71. The van der Waals surface area contributed by atoms with E-state index in [0.717, 1.165) is 24.2 Å². The Bertz CT molecular complexity index is 878. The van der Waals surface area contributed by atoms with Crippen molar-refractivity contribution in [3.05, 3.63) is 34.0 Å². The van der Waals surface area contributed by atoms with E-state index in [1.54, 1.807) is 6.92 Å². The van der Waals surface area contributed by atoms with E-state index >= 15 is 0 Å². The van der Waals surface area contributed by atoms with Gasteiger partial charge in [-0.05, 0) is 51.7 Å². The molecule has 7 heteroatoms. The van der Waals surface area contributed by atoms with Gasteiger partial charge in [0.05, 0.1) is 5.69 Å². The quantitative estimate of drug-likeness (QED) is 0.840. The molecular formula is C20H28N4O3. The highest BCUT2D eigenvalue weighted by Gasteiger charge is 2.22. The Hall–Kier alpha value is -2.57. The number of carbonyl (C=O) groups excluding carboxylic acids is 1. The molecule has 1 aliphatic carbocycles. The highest BCUT2D eigenvalue weighted by Crippen LogP contribution is 2.26. The number of anilines is 1. The molecule has 3 rings (SSSR count). The molecule has 27 heavy (non-hydrogen) atoms. The first-order valence-electron chi connectivity index (χ1n) is 9.61. The molecule has 7 nitrogen and oxygen atoms in total. The first kappa shape index (κ1) is 19.2. The second-order valence-corrected chi connectivity index (χ2v) is 7.49. The van der Waals surface area contributed by atoms with Crippen molar-refractivity contribution >= 4 is 11.6 Å². The van der Waals surface area contributed by atoms with Gasteiger partial charge in [0.2, 0.25) is 5.91 Å². The van der Waals surface area contributed by atoms with Crippen LogP contribution in [0.4, 0.5) is 5.69 Å². The van der Waals surface area contributed by atoms with Crippen LogP contribution in [0.3, 0.4) is 0 Å². The Morgan fingerprint density at radius 3 is 2.67 bits per heavy atom. The number of hydrogen-bond donors (Lipinski definition) is 2. The summed E-state index contributed by atoms with van der Waals surface area (Å²) in [6.07, 6.45) is 6.01. The smallest absolute Gasteiger partial charge is 0.290 e. The molecule has 146 valence electrons. The molecule has 0 saturated heterocycles. The Labute approximate surface area is 158 Å². The van der Waals surface area contributed by atoms with Gasteiger partial charge in [0.15, 0.2) is 0 Å².